The zero-order valence-corrected chi connectivity index (χ0v) is 15.4. The molecular weight excluding hydrogens is 306 g/mol. The summed E-state index contributed by atoms with van der Waals surface area (Å²) in [6, 6.07) is 0. The summed E-state index contributed by atoms with van der Waals surface area (Å²) in [5.74, 6) is -0.905. The fourth-order valence-electron chi connectivity index (χ4n) is 3.61. The van der Waals surface area contributed by atoms with E-state index in [9.17, 15) is 9.59 Å². The van der Waals surface area contributed by atoms with Gasteiger partial charge in [0.15, 0.2) is 5.78 Å². The average molecular weight is 335 g/mol. The molecule has 1 aliphatic rings. The Morgan fingerprint density at radius 2 is 2.17 bits per heavy atom. The number of Topliss-reactive ketones (excluding diaryl/α,β-unsaturated/α-hetero) is 1. The number of rotatable bonds is 9. The molecule has 1 aromatic rings. The summed E-state index contributed by atoms with van der Waals surface area (Å²) in [7, 11) is 7.18. The lowest BCUT2D eigenvalue weighted by Crippen LogP contribution is -2.38. The summed E-state index contributed by atoms with van der Waals surface area (Å²) < 4.78 is 6.72. The fourth-order valence-corrected chi connectivity index (χ4v) is 3.61. The summed E-state index contributed by atoms with van der Waals surface area (Å²) in [4.78, 5) is 27.4. The Labute approximate surface area is 144 Å². The van der Waals surface area contributed by atoms with Gasteiger partial charge in [-0.25, -0.2) is 0 Å². The number of nitrogens with zero attached hydrogens (tertiary/aromatic N) is 3. The van der Waals surface area contributed by atoms with E-state index in [2.05, 4.69) is 12.0 Å². The number of carbonyl (C=O) groups excluding carboxylic acids is 2. The van der Waals surface area contributed by atoms with Gasteiger partial charge in [-0.05, 0) is 44.3 Å². The number of esters is 1. The van der Waals surface area contributed by atoms with Gasteiger partial charge in [-0.3, -0.25) is 14.3 Å². The smallest absolute Gasteiger partial charge is 0.316 e. The lowest BCUT2D eigenvalue weighted by Gasteiger charge is -2.26. The van der Waals surface area contributed by atoms with Crippen LogP contribution in [-0.4, -0.2) is 54.2 Å². The number of methoxy groups -OCH3 is 1. The van der Waals surface area contributed by atoms with Crippen molar-refractivity contribution in [2.75, 3.05) is 27.7 Å². The summed E-state index contributed by atoms with van der Waals surface area (Å²) in [5, 5.41) is 4.18. The number of ether oxygens (including phenoxy) is 1. The summed E-state index contributed by atoms with van der Waals surface area (Å²) >= 11 is 0. The van der Waals surface area contributed by atoms with Gasteiger partial charge in [-0.15, -0.1) is 0 Å². The summed E-state index contributed by atoms with van der Waals surface area (Å²) in [6.45, 7) is 2.79. The van der Waals surface area contributed by atoms with E-state index in [1.54, 1.807) is 4.68 Å². The molecule has 2 unspecified atom stereocenters. The molecule has 6 nitrogen and oxygen atoms in total. The van der Waals surface area contributed by atoms with Crippen LogP contribution in [0.15, 0.2) is 12.4 Å². The molecule has 134 valence electrons. The van der Waals surface area contributed by atoms with Gasteiger partial charge in [0.2, 0.25) is 0 Å². The molecule has 0 saturated heterocycles. The van der Waals surface area contributed by atoms with E-state index >= 15 is 0 Å². The Morgan fingerprint density at radius 3 is 2.67 bits per heavy atom. The summed E-state index contributed by atoms with van der Waals surface area (Å²) in [5.41, 5.74) is 1.08. The van der Waals surface area contributed by atoms with Gasteiger partial charge < -0.3 is 9.64 Å². The average Bonchev–Trinajstić information content (AvgIpc) is 3.21. The normalized spacial score (nSPS) is 22.2. The second-order valence-corrected chi connectivity index (χ2v) is 7.11. The van der Waals surface area contributed by atoms with Gasteiger partial charge in [0.1, 0.15) is 5.92 Å². The van der Waals surface area contributed by atoms with Gasteiger partial charge in [-0.1, -0.05) is 13.3 Å². The monoisotopic (exact) mass is 335 g/mol. The third-order valence-electron chi connectivity index (χ3n) is 4.80. The first-order chi connectivity index (χ1) is 11.4. The molecular formula is C18H29N3O3. The van der Waals surface area contributed by atoms with Crippen LogP contribution in [0.25, 0.3) is 0 Å². The highest BCUT2D eigenvalue weighted by Crippen LogP contribution is 2.50. The zero-order chi connectivity index (χ0) is 17.9. The Kier molecular flexibility index (Phi) is 6.15. The second kappa shape index (κ2) is 7.92. The maximum atomic E-state index is 13.0. The van der Waals surface area contributed by atoms with Gasteiger partial charge in [0.05, 0.1) is 13.3 Å². The Bertz CT molecular complexity index is 582. The van der Waals surface area contributed by atoms with Crippen LogP contribution >= 0.6 is 0 Å². The van der Waals surface area contributed by atoms with Crippen molar-refractivity contribution in [3.8, 4) is 0 Å². The van der Waals surface area contributed by atoms with E-state index in [0.29, 0.717) is 6.54 Å². The van der Waals surface area contributed by atoms with Crippen molar-refractivity contribution < 1.29 is 14.3 Å². The number of carbonyl (C=O) groups is 2. The van der Waals surface area contributed by atoms with E-state index in [1.165, 1.54) is 7.11 Å². The largest absolute Gasteiger partial charge is 0.468 e. The molecule has 0 aliphatic heterocycles. The first-order valence-corrected chi connectivity index (χ1v) is 8.63. The van der Waals surface area contributed by atoms with Crippen LogP contribution in [0.5, 0.6) is 0 Å². The Hall–Kier alpha value is -1.69. The minimum Gasteiger partial charge on any atom is -0.468 e. The Morgan fingerprint density at radius 1 is 1.46 bits per heavy atom. The number of hydrogen-bond donors (Lipinski definition) is 0. The molecule has 2 rings (SSSR count). The maximum absolute atomic E-state index is 13.0. The lowest BCUT2D eigenvalue weighted by atomic mass is 9.82. The highest BCUT2D eigenvalue weighted by atomic mass is 16.5. The minimum absolute atomic E-state index is 0.0000911. The number of ketones is 1. The quantitative estimate of drug-likeness (QED) is 0.509. The predicted molar refractivity (Wildman–Crippen MR) is 91.5 cm³/mol. The second-order valence-electron chi connectivity index (χ2n) is 7.11. The molecule has 24 heavy (non-hydrogen) atoms. The predicted octanol–water partition coefficient (Wildman–Crippen LogP) is 1.86. The van der Waals surface area contributed by atoms with Crippen molar-refractivity contribution in [2.45, 2.75) is 32.1 Å². The molecule has 0 spiro atoms. The molecule has 1 aliphatic carbocycles. The minimum atomic E-state index is -0.663. The fraction of sp³-hybridized carbons (Fsp3) is 0.722. The van der Waals surface area contributed by atoms with Crippen LogP contribution < -0.4 is 0 Å². The van der Waals surface area contributed by atoms with Crippen LogP contribution in [0.3, 0.4) is 0 Å². The molecule has 0 radical (unpaired) electrons. The number of hydrogen-bond acceptors (Lipinski definition) is 5. The lowest BCUT2D eigenvalue weighted by molar-refractivity contribution is -0.152. The molecule has 6 heteroatoms. The van der Waals surface area contributed by atoms with Crippen molar-refractivity contribution in [2.24, 2.45) is 24.8 Å². The molecule has 0 bridgehead atoms. The van der Waals surface area contributed by atoms with E-state index in [1.807, 2.05) is 38.4 Å². The van der Waals surface area contributed by atoms with Crippen molar-refractivity contribution in [1.29, 1.82) is 0 Å². The van der Waals surface area contributed by atoms with Gasteiger partial charge in [0, 0.05) is 25.7 Å². The first-order valence-electron chi connectivity index (χ1n) is 8.63. The molecule has 1 saturated carbocycles. The standard InChI is InChI=1S/C18H29N3O3/c1-6-7-12(10-20(2)3)16(18(23)24-5)17(22)15-8-14(15)13-9-19-21(4)11-13/h9,11-12,14-16H,6-8,10H2,1-5H3/t12?,14-,15+,16?/m0/s1. The van der Waals surface area contributed by atoms with Crippen LogP contribution in [-0.2, 0) is 21.4 Å². The van der Waals surface area contributed by atoms with E-state index < -0.39 is 11.9 Å². The molecule has 0 amide bonds. The molecule has 4 atom stereocenters. The van der Waals surface area contributed by atoms with Crippen LogP contribution in [0, 0.1) is 17.8 Å². The van der Waals surface area contributed by atoms with Gasteiger partial charge >= 0.3 is 5.97 Å². The van der Waals surface area contributed by atoms with E-state index in [-0.39, 0.29) is 23.5 Å². The molecule has 0 aromatic carbocycles. The van der Waals surface area contributed by atoms with Crippen molar-refractivity contribution in [3.63, 3.8) is 0 Å². The number of aromatic nitrogens is 2. The topological polar surface area (TPSA) is 64.4 Å². The highest BCUT2D eigenvalue weighted by Gasteiger charge is 2.50. The van der Waals surface area contributed by atoms with Gasteiger partial charge in [-0.2, -0.15) is 5.10 Å². The first kappa shape index (κ1) is 18.6. The van der Waals surface area contributed by atoms with Crippen molar-refractivity contribution in [1.82, 2.24) is 14.7 Å². The van der Waals surface area contributed by atoms with Gasteiger partial charge in [0.25, 0.3) is 0 Å². The SMILES string of the molecule is CCCC(CN(C)C)C(C(=O)OC)C(=O)[C@@H]1C[C@H]1c1cnn(C)c1. The third kappa shape index (κ3) is 4.23. The zero-order valence-electron chi connectivity index (χ0n) is 15.4. The number of aryl methyl sites for hydroxylation is 1. The maximum Gasteiger partial charge on any atom is 0.316 e. The molecule has 1 aromatic heterocycles. The van der Waals surface area contributed by atoms with Crippen molar-refractivity contribution >= 4 is 11.8 Å². The molecule has 1 heterocycles. The molecule has 1 fully saturated rings. The van der Waals surface area contributed by atoms with E-state index in [4.69, 9.17) is 4.74 Å². The van der Waals surface area contributed by atoms with Crippen molar-refractivity contribution in [3.05, 3.63) is 18.0 Å². The summed E-state index contributed by atoms with van der Waals surface area (Å²) in [6.07, 6.45) is 6.35. The van der Waals surface area contributed by atoms with Crippen LogP contribution in [0.1, 0.15) is 37.7 Å². The van der Waals surface area contributed by atoms with Crippen LogP contribution in [0.4, 0.5) is 0 Å². The molecule has 0 N–H and O–H groups in total. The third-order valence-corrected chi connectivity index (χ3v) is 4.80. The van der Waals surface area contributed by atoms with E-state index in [0.717, 1.165) is 24.8 Å². The highest BCUT2D eigenvalue weighted by molar-refractivity contribution is 6.02. The van der Waals surface area contributed by atoms with Crippen LogP contribution in [0.2, 0.25) is 0 Å². The Balaban J connectivity index is 2.15.